The average Bonchev–Trinajstić information content (AvgIpc) is 2.98. The summed E-state index contributed by atoms with van der Waals surface area (Å²) in [7, 11) is 0. The van der Waals surface area contributed by atoms with Crippen molar-refractivity contribution in [3.63, 3.8) is 0 Å². The van der Waals surface area contributed by atoms with E-state index in [4.69, 9.17) is 4.42 Å². The van der Waals surface area contributed by atoms with Crippen molar-refractivity contribution in [1.29, 1.82) is 0 Å². The lowest BCUT2D eigenvalue weighted by Crippen LogP contribution is -2.33. The van der Waals surface area contributed by atoms with Gasteiger partial charge in [-0.1, -0.05) is 0 Å². The highest BCUT2D eigenvalue weighted by Crippen LogP contribution is 2.38. The fourth-order valence-corrected chi connectivity index (χ4v) is 2.76. The van der Waals surface area contributed by atoms with Gasteiger partial charge in [-0.3, -0.25) is 4.68 Å². The van der Waals surface area contributed by atoms with Crippen LogP contribution >= 0.6 is 0 Å². The number of hydrogen-bond acceptors (Lipinski definition) is 4. The van der Waals surface area contributed by atoms with Crippen molar-refractivity contribution in [2.24, 2.45) is 0 Å². The Labute approximate surface area is 105 Å². The van der Waals surface area contributed by atoms with Gasteiger partial charge in [-0.2, -0.15) is 5.10 Å². The maximum absolute atomic E-state index is 10.9. The Morgan fingerprint density at radius 3 is 3.28 bits per heavy atom. The van der Waals surface area contributed by atoms with E-state index in [1.165, 1.54) is 0 Å². The third-order valence-electron chi connectivity index (χ3n) is 3.69. The number of nitrogens with zero attached hydrogens (tertiary/aromatic N) is 3. The number of rotatable bonds is 3. The molecule has 0 spiro atoms. The second-order valence-corrected chi connectivity index (χ2v) is 4.81. The van der Waals surface area contributed by atoms with Crippen LogP contribution in [0.25, 0.3) is 0 Å². The van der Waals surface area contributed by atoms with E-state index in [-0.39, 0.29) is 0 Å². The molecule has 0 radical (unpaired) electrons. The van der Waals surface area contributed by atoms with Crippen LogP contribution in [0.1, 0.15) is 36.9 Å². The molecule has 0 aromatic carbocycles. The topological polar surface area (TPSA) is 64.1 Å². The predicted molar refractivity (Wildman–Crippen MR) is 64.9 cm³/mol. The molecule has 0 aliphatic heterocycles. The highest BCUT2D eigenvalue weighted by molar-refractivity contribution is 5.28. The summed E-state index contributed by atoms with van der Waals surface area (Å²) in [6, 6.07) is 1.88. The summed E-state index contributed by atoms with van der Waals surface area (Å²) >= 11 is 0. The first-order valence-electron chi connectivity index (χ1n) is 6.39. The molecular formula is C13H17N3O2. The third-order valence-corrected chi connectivity index (χ3v) is 3.69. The molecule has 0 saturated carbocycles. The summed E-state index contributed by atoms with van der Waals surface area (Å²) in [6.07, 6.45) is 6.29. The van der Waals surface area contributed by atoms with Gasteiger partial charge in [0.15, 0.2) is 0 Å². The van der Waals surface area contributed by atoms with Gasteiger partial charge in [-0.25, -0.2) is 4.98 Å². The molecule has 2 aromatic heterocycles. The molecule has 1 aliphatic rings. The fourth-order valence-electron chi connectivity index (χ4n) is 2.76. The first kappa shape index (κ1) is 11.5. The van der Waals surface area contributed by atoms with Gasteiger partial charge in [0.2, 0.25) is 0 Å². The van der Waals surface area contributed by atoms with Crippen molar-refractivity contribution >= 4 is 0 Å². The van der Waals surface area contributed by atoms with Gasteiger partial charge < -0.3 is 9.52 Å². The molecule has 0 saturated heterocycles. The summed E-state index contributed by atoms with van der Waals surface area (Å²) < 4.78 is 7.25. The van der Waals surface area contributed by atoms with Gasteiger partial charge in [0.1, 0.15) is 23.5 Å². The number of aliphatic hydroxyl groups is 1. The average molecular weight is 247 g/mol. The molecule has 0 fully saturated rings. The van der Waals surface area contributed by atoms with Gasteiger partial charge in [-0.05, 0) is 25.8 Å². The minimum Gasteiger partial charge on any atom is -0.469 e. The Morgan fingerprint density at radius 2 is 2.44 bits per heavy atom. The molecule has 2 heterocycles. The molecule has 3 rings (SSSR count). The summed E-state index contributed by atoms with van der Waals surface area (Å²) in [5.74, 6) is 1.74. The lowest BCUT2D eigenvalue weighted by Gasteiger charge is -2.31. The Morgan fingerprint density at radius 1 is 1.56 bits per heavy atom. The van der Waals surface area contributed by atoms with Crippen LogP contribution < -0.4 is 0 Å². The van der Waals surface area contributed by atoms with E-state index in [2.05, 4.69) is 10.1 Å². The van der Waals surface area contributed by atoms with Crippen LogP contribution in [0.15, 0.2) is 23.1 Å². The van der Waals surface area contributed by atoms with Gasteiger partial charge in [0.25, 0.3) is 0 Å². The van der Waals surface area contributed by atoms with Crippen molar-refractivity contribution in [3.8, 4) is 0 Å². The van der Waals surface area contributed by atoms with Crippen molar-refractivity contribution in [2.75, 3.05) is 0 Å². The van der Waals surface area contributed by atoms with E-state index < -0.39 is 5.60 Å². The van der Waals surface area contributed by atoms with Crippen LogP contribution in [0.5, 0.6) is 0 Å². The number of hydrogen-bond donors (Lipinski definition) is 1. The molecule has 1 N–H and O–H groups in total. The zero-order chi connectivity index (χ0) is 12.6. The smallest absolute Gasteiger partial charge is 0.138 e. The van der Waals surface area contributed by atoms with Crippen molar-refractivity contribution < 1.29 is 9.52 Å². The molecule has 5 heteroatoms. The molecule has 18 heavy (non-hydrogen) atoms. The van der Waals surface area contributed by atoms with Gasteiger partial charge in [-0.15, -0.1) is 0 Å². The normalized spacial score (nSPS) is 23.0. The quantitative estimate of drug-likeness (QED) is 0.895. The largest absolute Gasteiger partial charge is 0.469 e. The molecule has 2 aromatic rings. The van der Waals surface area contributed by atoms with E-state index in [0.717, 1.165) is 43.0 Å². The molecule has 1 unspecified atom stereocenters. The predicted octanol–water partition coefficient (Wildman–Crippen LogP) is 1.66. The summed E-state index contributed by atoms with van der Waals surface area (Å²) in [6.45, 7) is 2.79. The zero-order valence-electron chi connectivity index (χ0n) is 10.5. The first-order valence-corrected chi connectivity index (χ1v) is 6.39. The van der Waals surface area contributed by atoms with E-state index in [1.807, 2.05) is 17.7 Å². The van der Waals surface area contributed by atoms with Gasteiger partial charge >= 0.3 is 0 Å². The Bertz CT molecular complexity index is 546. The maximum atomic E-state index is 10.9. The Balaban J connectivity index is 1.93. The van der Waals surface area contributed by atoms with Crippen molar-refractivity contribution in [3.05, 3.63) is 35.8 Å². The zero-order valence-corrected chi connectivity index (χ0v) is 10.5. The van der Waals surface area contributed by atoms with Crippen LogP contribution in [-0.2, 0) is 25.0 Å². The number of aryl methyl sites for hydroxylation is 2. The minimum atomic E-state index is -0.861. The summed E-state index contributed by atoms with van der Waals surface area (Å²) in [5, 5.41) is 15.0. The molecule has 96 valence electrons. The van der Waals surface area contributed by atoms with Gasteiger partial charge in [0.05, 0.1) is 6.26 Å². The number of fused-ring (bicyclic) bond motifs is 1. The summed E-state index contributed by atoms with van der Waals surface area (Å²) in [4.78, 5) is 4.24. The SMILES string of the molecule is CCn1ncnc1CC1(O)CCCc2occc21. The fraction of sp³-hybridized carbons (Fsp3) is 0.538. The second-order valence-electron chi connectivity index (χ2n) is 4.81. The van der Waals surface area contributed by atoms with Crippen LogP contribution in [0, 0.1) is 0 Å². The number of aromatic nitrogens is 3. The van der Waals surface area contributed by atoms with E-state index in [9.17, 15) is 5.11 Å². The second kappa shape index (κ2) is 4.24. The third kappa shape index (κ3) is 1.75. The van der Waals surface area contributed by atoms with Crippen molar-refractivity contribution in [1.82, 2.24) is 14.8 Å². The monoisotopic (exact) mass is 247 g/mol. The lowest BCUT2D eigenvalue weighted by molar-refractivity contribution is 0.0140. The molecular weight excluding hydrogens is 230 g/mol. The highest BCUT2D eigenvalue weighted by Gasteiger charge is 2.37. The molecule has 1 atom stereocenters. The van der Waals surface area contributed by atoms with E-state index in [1.54, 1.807) is 12.6 Å². The minimum absolute atomic E-state index is 0.493. The van der Waals surface area contributed by atoms with E-state index in [0.29, 0.717) is 6.42 Å². The molecule has 1 aliphatic carbocycles. The Kier molecular flexibility index (Phi) is 2.70. The maximum Gasteiger partial charge on any atom is 0.138 e. The lowest BCUT2D eigenvalue weighted by atomic mass is 9.80. The number of furan rings is 1. The first-order chi connectivity index (χ1) is 8.73. The van der Waals surface area contributed by atoms with Gasteiger partial charge in [0, 0.05) is 24.9 Å². The van der Waals surface area contributed by atoms with Crippen LogP contribution in [0.4, 0.5) is 0 Å². The highest BCUT2D eigenvalue weighted by atomic mass is 16.3. The van der Waals surface area contributed by atoms with Crippen molar-refractivity contribution in [2.45, 2.75) is 44.8 Å². The van der Waals surface area contributed by atoms with Crippen LogP contribution in [0.3, 0.4) is 0 Å². The Hall–Kier alpha value is -1.62. The molecule has 0 amide bonds. The van der Waals surface area contributed by atoms with E-state index >= 15 is 0 Å². The van der Waals surface area contributed by atoms with Crippen LogP contribution in [-0.4, -0.2) is 19.9 Å². The van der Waals surface area contributed by atoms with Crippen LogP contribution in [0.2, 0.25) is 0 Å². The molecule has 5 nitrogen and oxygen atoms in total. The molecule has 0 bridgehead atoms. The standard InChI is InChI=1S/C13H17N3O2/c1-2-16-12(14-9-15-16)8-13(17)6-3-4-11-10(13)5-7-18-11/h5,7,9,17H,2-4,6,8H2,1H3. The summed E-state index contributed by atoms with van der Waals surface area (Å²) in [5.41, 5.74) is 0.0555.